The van der Waals surface area contributed by atoms with E-state index in [9.17, 15) is 9.59 Å². The van der Waals surface area contributed by atoms with Crippen molar-refractivity contribution in [3.05, 3.63) is 0 Å². The van der Waals surface area contributed by atoms with Crippen LogP contribution >= 0.6 is 0 Å². The van der Waals surface area contributed by atoms with Crippen molar-refractivity contribution >= 4 is 12.2 Å². The molecule has 0 aromatic rings. The Balaban J connectivity index is 2.51. The lowest BCUT2D eigenvalue weighted by Gasteiger charge is -2.29. The Kier molecular flexibility index (Phi) is 4.43. The smallest absolute Gasteiger partial charge is 0.410 e. The van der Waals surface area contributed by atoms with Crippen LogP contribution < -0.4 is 0 Å². The van der Waals surface area contributed by atoms with Gasteiger partial charge in [0.1, 0.15) is 5.60 Å². The SMILES string of the molecule is CN(C[C@@H]1CCCN1C(=O)O)C(=O)OC(C)(C)C. The first kappa shape index (κ1) is 14.6. The first-order valence-corrected chi connectivity index (χ1v) is 6.14. The molecule has 0 spiro atoms. The van der Waals surface area contributed by atoms with Gasteiger partial charge in [0.05, 0.1) is 6.04 Å². The topological polar surface area (TPSA) is 70.1 Å². The Morgan fingerprint density at radius 2 is 2.06 bits per heavy atom. The van der Waals surface area contributed by atoms with Crippen molar-refractivity contribution in [2.24, 2.45) is 0 Å². The van der Waals surface area contributed by atoms with E-state index in [0.717, 1.165) is 12.8 Å². The molecule has 1 heterocycles. The zero-order valence-corrected chi connectivity index (χ0v) is 11.5. The Labute approximate surface area is 107 Å². The van der Waals surface area contributed by atoms with Crippen LogP contribution in [0.3, 0.4) is 0 Å². The minimum atomic E-state index is -0.921. The van der Waals surface area contributed by atoms with Gasteiger partial charge in [-0.3, -0.25) is 0 Å². The van der Waals surface area contributed by atoms with Crippen LogP contribution in [0.5, 0.6) is 0 Å². The van der Waals surface area contributed by atoms with Gasteiger partial charge in [0.25, 0.3) is 0 Å². The van der Waals surface area contributed by atoms with Crippen LogP contribution in [0.25, 0.3) is 0 Å². The number of hydrogen-bond donors (Lipinski definition) is 1. The van der Waals surface area contributed by atoms with Gasteiger partial charge < -0.3 is 19.6 Å². The van der Waals surface area contributed by atoms with Crippen molar-refractivity contribution in [1.82, 2.24) is 9.80 Å². The fourth-order valence-electron chi connectivity index (χ4n) is 2.01. The molecule has 1 atom stereocenters. The second-order valence-electron chi connectivity index (χ2n) is 5.63. The molecule has 18 heavy (non-hydrogen) atoms. The third-order valence-corrected chi connectivity index (χ3v) is 2.81. The largest absolute Gasteiger partial charge is 0.465 e. The molecule has 1 aliphatic rings. The summed E-state index contributed by atoms with van der Waals surface area (Å²) in [4.78, 5) is 25.6. The highest BCUT2D eigenvalue weighted by molar-refractivity contribution is 5.68. The van der Waals surface area contributed by atoms with Gasteiger partial charge in [-0.2, -0.15) is 0 Å². The number of amides is 2. The molecule has 0 radical (unpaired) electrons. The van der Waals surface area contributed by atoms with E-state index in [-0.39, 0.29) is 6.04 Å². The fourth-order valence-corrected chi connectivity index (χ4v) is 2.01. The molecule has 0 saturated carbocycles. The van der Waals surface area contributed by atoms with Gasteiger partial charge >= 0.3 is 12.2 Å². The van der Waals surface area contributed by atoms with Crippen molar-refractivity contribution in [3.8, 4) is 0 Å². The maximum absolute atomic E-state index is 11.8. The zero-order chi connectivity index (χ0) is 13.9. The Bertz CT molecular complexity index is 325. The zero-order valence-electron chi connectivity index (χ0n) is 11.5. The van der Waals surface area contributed by atoms with Crippen LogP contribution in [0.1, 0.15) is 33.6 Å². The number of rotatable bonds is 2. The third-order valence-electron chi connectivity index (χ3n) is 2.81. The summed E-state index contributed by atoms with van der Waals surface area (Å²) in [5, 5.41) is 9.01. The summed E-state index contributed by atoms with van der Waals surface area (Å²) in [5.41, 5.74) is -0.534. The summed E-state index contributed by atoms with van der Waals surface area (Å²) < 4.78 is 5.23. The van der Waals surface area contributed by atoms with Crippen LogP contribution in [0.2, 0.25) is 0 Å². The molecule has 0 aliphatic carbocycles. The number of likely N-dealkylation sites (N-methyl/N-ethyl adjacent to an activating group) is 1. The molecule has 0 bridgehead atoms. The van der Waals surface area contributed by atoms with E-state index in [1.807, 2.05) is 0 Å². The van der Waals surface area contributed by atoms with Gasteiger partial charge in [-0.25, -0.2) is 9.59 Å². The molecule has 1 N–H and O–H groups in total. The molecular weight excluding hydrogens is 236 g/mol. The first-order valence-electron chi connectivity index (χ1n) is 6.14. The molecule has 2 amide bonds. The predicted molar refractivity (Wildman–Crippen MR) is 66.6 cm³/mol. The molecule has 1 aliphatic heterocycles. The van der Waals surface area contributed by atoms with Crippen LogP contribution in [0, 0.1) is 0 Å². The van der Waals surface area contributed by atoms with E-state index in [2.05, 4.69) is 0 Å². The van der Waals surface area contributed by atoms with Gasteiger partial charge in [0.15, 0.2) is 0 Å². The fraction of sp³-hybridized carbons (Fsp3) is 0.833. The second-order valence-corrected chi connectivity index (χ2v) is 5.63. The van der Waals surface area contributed by atoms with E-state index in [4.69, 9.17) is 9.84 Å². The maximum atomic E-state index is 11.8. The summed E-state index contributed by atoms with van der Waals surface area (Å²) in [6, 6.07) is -0.125. The van der Waals surface area contributed by atoms with Gasteiger partial charge in [0.2, 0.25) is 0 Å². The molecule has 0 aromatic carbocycles. The number of carbonyl (C=O) groups excluding carboxylic acids is 1. The van der Waals surface area contributed by atoms with Crippen LogP contribution in [0.4, 0.5) is 9.59 Å². The summed E-state index contributed by atoms with van der Waals surface area (Å²) in [6.45, 7) is 6.33. The summed E-state index contributed by atoms with van der Waals surface area (Å²) in [5.74, 6) is 0. The summed E-state index contributed by atoms with van der Waals surface area (Å²) >= 11 is 0. The Morgan fingerprint density at radius 3 is 2.56 bits per heavy atom. The molecule has 0 unspecified atom stereocenters. The minimum Gasteiger partial charge on any atom is -0.465 e. The van der Waals surface area contributed by atoms with Gasteiger partial charge in [-0.15, -0.1) is 0 Å². The lowest BCUT2D eigenvalue weighted by Crippen LogP contribution is -2.44. The average molecular weight is 258 g/mol. The van der Waals surface area contributed by atoms with E-state index < -0.39 is 17.8 Å². The Morgan fingerprint density at radius 1 is 1.44 bits per heavy atom. The first-order chi connectivity index (χ1) is 8.20. The number of ether oxygens (including phenoxy) is 1. The monoisotopic (exact) mass is 258 g/mol. The van der Waals surface area contributed by atoms with E-state index in [0.29, 0.717) is 13.1 Å². The molecule has 1 saturated heterocycles. The summed E-state index contributed by atoms with van der Waals surface area (Å²) in [6.07, 6.45) is 0.299. The molecule has 1 fully saturated rings. The van der Waals surface area contributed by atoms with E-state index >= 15 is 0 Å². The highest BCUT2D eigenvalue weighted by atomic mass is 16.6. The van der Waals surface area contributed by atoms with Crippen LogP contribution in [-0.2, 0) is 4.74 Å². The van der Waals surface area contributed by atoms with Crippen molar-refractivity contribution < 1.29 is 19.4 Å². The van der Waals surface area contributed by atoms with Crippen molar-refractivity contribution in [2.45, 2.75) is 45.3 Å². The number of carbonyl (C=O) groups is 2. The third kappa shape index (κ3) is 4.09. The highest BCUT2D eigenvalue weighted by Gasteiger charge is 2.31. The van der Waals surface area contributed by atoms with Crippen molar-refractivity contribution in [2.75, 3.05) is 20.1 Å². The normalized spacial score (nSPS) is 19.8. The maximum Gasteiger partial charge on any atom is 0.410 e. The lowest BCUT2D eigenvalue weighted by atomic mass is 10.2. The average Bonchev–Trinajstić information content (AvgIpc) is 2.62. The van der Waals surface area contributed by atoms with Crippen molar-refractivity contribution in [1.29, 1.82) is 0 Å². The molecular formula is C12H22N2O4. The summed E-state index contributed by atoms with van der Waals surface area (Å²) in [7, 11) is 1.63. The lowest BCUT2D eigenvalue weighted by molar-refractivity contribution is 0.0258. The van der Waals surface area contributed by atoms with Gasteiger partial charge in [-0.05, 0) is 33.6 Å². The minimum absolute atomic E-state index is 0.125. The number of carboxylic acid groups (broad SMARTS) is 1. The Hall–Kier alpha value is -1.46. The predicted octanol–water partition coefficient (Wildman–Crippen LogP) is 2.00. The van der Waals surface area contributed by atoms with E-state index in [1.165, 1.54) is 9.80 Å². The second kappa shape index (κ2) is 5.46. The number of nitrogens with zero attached hydrogens (tertiary/aromatic N) is 2. The quantitative estimate of drug-likeness (QED) is 0.822. The molecule has 6 nitrogen and oxygen atoms in total. The number of likely N-dealkylation sites (tertiary alicyclic amines) is 1. The van der Waals surface area contributed by atoms with Crippen LogP contribution in [-0.4, -0.2) is 58.9 Å². The van der Waals surface area contributed by atoms with Gasteiger partial charge in [-0.1, -0.05) is 0 Å². The number of hydrogen-bond acceptors (Lipinski definition) is 3. The van der Waals surface area contributed by atoms with Gasteiger partial charge in [0, 0.05) is 20.1 Å². The molecule has 104 valence electrons. The molecule has 6 heteroatoms. The van der Waals surface area contributed by atoms with Crippen molar-refractivity contribution in [3.63, 3.8) is 0 Å². The van der Waals surface area contributed by atoms with Crippen LogP contribution in [0.15, 0.2) is 0 Å². The molecule has 0 aromatic heterocycles. The van der Waals surface area contributed by atoms with E-state index in [1.54, 1.807) is 27.8 Å². The standard InChI is InChI=1S/C12H22N2O4/c1-12(2,3)18-11(17)13(4)8-9-6-5-7-14(9)10(15)16/h9H,5-8H2,1-4H3,(H,15,16)/t9-/m0/s1. The molecule has 1 rings (SSSR count). The highest BCUT2D eigenvalue weighted by Crippen LogP contribution is 2.18.